The van der Waals surface area contributed by atoms with E-state index in [-0.39, 0.29) is 83.8 Å². The number of aromatic nitrogens is 4. The molecule has 2 saturated heterocycles. The van der Waals surface area contributed by atoms with E-state index >= 15 is 0 Å². The summed E-state index contributed by atoms with van der Waals surface area (Å²) in [7, 11) is 1.34. The Morgan fingerprint density at radius 1 is 0.982 bits per heavy atom. The molecule has 0 aliphatic carbocycles. The molecule has 4 amide bonds. The van der Waals surface area contributed by atoms with Gasteiger partial charge in [0.25, 0.3) is 11.8 Å². The molecule has 4 heterocycles. The van der Waals surface area contributed by atoms with Crippen molar-refractivity contribution < 1.29 is 46.3 Å². The number of quaternary nitrogens is 1. The molecule has 0 atom stereocenters. The lowest BCUT2D eigenvalue weighted by Crippen LogP contribution is -2.64. The number of carbonyl (C=O) groups excluding carboxylic acids is 3. The number of piperazine rings is 2. The van der Waals surface area contributed by atoms with Crippen LogP contribution in [0.15, 0.2) is 48.8 Å². The predicted molar refractivity (Wildman–Crippen MR) is 200 cm³/mol. The second-order valence-electron chi connectivity index (χ2n) is 14.0. The van der Waals surface area contributed by atoms with E-state index in [0.29, 0.717) is 50.2 Å². The number of nitrogens with two attached hydrogens (primary N) is 2. The standard InChI is InChI=1S/C36H40ClF4N11O5/c1-47-29(25-20-51(46-31(25)36(39,40)41)28-6-3-22(43)17-27(28)38)19-44-32(47)33(55)45-23-4-5-24(26(37)18-23)34(56)48-8-10-49(11-9-48)35(57)50-12-15-52(16-13-50,14-2-7-42)21-30(53)54/h3-6,17-20H,2,7-16,21,42-43H2,1H3,(H-,45,53,54,55,56)/p+1. The topological polar surface area (TPSA) is 198 Å². The van der Waals surface area contributed by atoms with Crippen LogP contribution in [0.1, 0.15) is 33.1 Å². The number of carboxylic acids is 1. The van der Waals surface area contributed by atoms with Gasteiger partial charge in [-0.3, -0.25) is 9.59 Å². The molecule has 2 fully saturated rings. The van der Waals surface area contributed by atoms with Crippen molar-refractivity contribution in [2.24, 2.45) is 12.8 Å². The zero-order valence-corrected chi connectivity index (χ0v) is 31.6. The van der Waals surface area contributed by atoms with Gasteiger partial charge in [0.05, 0.1) is 60.8 Å². The highest BCUT2D eigenvalue weighted by Crippen LogP contribution is 2.37. The minimum absolute atomic E-state index is 0.0234. The number of aliphatic carboxylic acids is 1. The molecular weight excluding hydrogens is 778 g/mol. The third-order valence-corrected chi connectivity index (χ3v) is 10.5. The minimum atomic E-state index is -4.93. The van der Waals surface area contributed by atoms with Gasteiger partial charge in [-0.1, -0.05) is 11.6 Å². The van der Waals surface area contributed by atoms with Crippen molar-refractivity contribution in [1.29, 1.82) is 0 Å². The minimum Gasteiger partial charge on any atom is -0.477 e. The van der Waals surface area contributed by atoms with Crippen LogP contribution < -0.4 is 16.8 Å². The highest BCUT2D eigenvalue weighted by Gasteiger charge is 2.40. The van der Waals surface area contributed by atoms with E-state index in [1.165, 1.54) is 37.4 Å². The number of rotatable bonds is 10. The first-order chi connectivity index (χ1) is 27.0. The van der Waals surface area contributed by atoms with Crippen LogP contribution in [0.2, 0.25) is 5.02 Å². The van der Waals surface area contributed by atoms with Gasteiger partial charge in [0, 0.05) is 57.2 Å². The largest absolute Gasteiger partial charge is 0.477 e. The number of nitrogens with one attached hydrogen (secondary N) is 1. The second-order valence-corrected chi connectivity index (χ2v) is 14.4. The van der Waals surface area contributed by atoms with Crippen LogP contribution in [0.25, 0.3) is 16.9 Å². The molecule has 0 bridgehead atoms. The average molecular weight is 819 g/mol. The quantitative estimate of drug-likeness (QED) is 0.105. The van der Waals surface area contributed by atoms with Gasteiger partial charge in [-0.15, -0.1) is 0 Å². The monoisotopic (exact) mass is 818 g/mol. The number of imidazole rings is 1. The third kappa shape index (κ3) is 8.82. The Hall–Kier alpha value is -5.73. The molecular formula is C36H41ClF4N11O5+. The molecule has 6 N–H and O–H groups in total. The van der Waals surface area contributed by atoms with Crippen LogP contribution in [-0.2, 0) is 18.0 Å². The lowest BCUT2D eigenvalue weighted by molar-refractivity contribution is -0.924. The maximum Gasteiger partial charge on any atom is 0.435 e. The van der Waals surface area contributed by atoms with E-state index in [9.17, 15) is 41.8 Å². The summed E-state index contributed by atoms with van der Waals surface area (Å²) in [5.74, 6) is -3.21. The molecule has 0 radical (unpaired) electrons. The fourth-order valence-electron chi connectivity index (χ4n) is 7.15. The molecule has 16 nitrogen and oxygen atoms in total. The fourth-order valence-corrected chi connectivity index (χ4v) is 7.41. The smallest absolute Gasteiger partial charge is 0.435 e. The zero-order valence-electron chi connectivity index (χ0n) is 30.8. The van der Waals surface area contributed by atoms with Gasteiger partial charge in [0.1, 0.15) is 5.69 Å². The van der Waals surface area contributed by atoms with E-state index in [4.69, 9.17) is 23.1 Å². The van der Waals surface area contributed by atoms with Crippen LogP contribution in [-0.4, -0.2) is 139 Å². The van der Waals surface area contributed by atoms with Crippen molar-refractivity contribution in [3.05, 3.63) is 76.7 Å². The summed E-state index contributed by atoms with van der Waals surface area (Å²) in [6.07, 6.45) is -2.19. The summed E-state index contributed by atoms with van der Waals surface area (Å²) in [5.41, 5.74) is 9.48. The van der Waals surface area contributed by atoms with E-state index in [1.54, 1.807) is 14.7 Å². The molecule has 4 aromatic rings. The van der Waals surface area contributed by atoms with E-state index < -0.39 is 35.1 Å². The van der Waals surface area contributed by atoms with Gasteiger partial charge in [-0.25, -0.2) is 23.6 Å². The summed E-state index contributed by atoms with van der Waals surface area (Å²) in [6, 6.07) is 7.53. The Bertz CT molecular complexity index is 2180. The van der Waals surface area contributed by atoms with E-state index in [0.717, 1.165) is 27.7 Å². The lowest BCUT2D eigenvalue weighted by Gasteiger charge is -2.45. The Balaban J connectivity index is 1.07. The number of halogens is 5. The fraction of sp³-hybridized carbons (Fsp3) is 0.389. The summed E-state index contributed by atoms with van der Waals surface area (Å²) in [6.45, 7) is 3.96. The molecule has 21 heteroatoms. The van der Waals surface area contributed by atoms with Gasteiger partial charge in [0.15, 0.2) is 23.9 Å². The van der Waals surface area contributed by atoms with Crippen LogP contribution >= 0.6 is 11.6 Å². The number of anilines is 2. The lowest BCUT2D eigenvalue weighted by atomic mass is 10.1. The summed E-state index contributed by atoms with van der Waals surface area (Å²) < 4.78 is 59.1. The van der Waals surface area contributed by atoms with Gasteiger partial charge in [-0.05, 0) is 42.9 Å². The second kappa shape index (κ2) is 16.4. The average Bonchev–Trinajstić information content (AvgIpc) is 3.78. The van der Waals surface area contributed by atoms with Crippen molar-refractivity contribution >= 4 is 46.8 Å². The van der Waals surface area contributed by atoms with Gasteiger partial charge < -0.3 is 45.6 Å². The SMILES string of the molecule is Cn1c(-c2cn(-c3ccc(N)cc3F)nc2C(F)(F)F)cnc1C(=O)Nc1ccc(C(=O)N2CCN(C(=O)N3CC[N+](CCCN)(CC(=O)O)CC3)CC2)c(Cl)c1. The number of urea groups is 1. The molecule has 2 aliphatic rings. The maximum absolute atomic E-state index is 14.6. The number of nitrogen functional groups attached to an aromatic ring is 1. The first kappa shape index (κ1) is 40.9. The molecule has 2 aromatic carbocycles. The molecule has 0 spiro atoms. The normalized spacial score (nSPS) is 15.8. The summed E-state index contributed by atoms with van der Waals surface area (Å²) in [4.78, 5) is 60.6. The highest BCUT2D eigenvalue weighted by molar-refractivity contribution is 6.34. The van der Waals surface area contributed by atoms with Gasteiger partial charge in [-0.2, -0.15) is 18.3 Å². The van der Waals surface area contributed by atoms with Crippen LogP contribution in [0.3, 0.4) is 0 Å². The Morgan fingerprint density at radius 2 is 1.65 bits per heavy atom. The third-order valence-electron chi connectivity index (χ3n) is 10.2. The number of carbonyl (C=O) groups is 4. The van der Waals surface area contributed by atoms with Crippen molar-refractivity contribution in [3.63, 3.8) is 0 Å². The van der Waals surface area contributed by atoms with Crippen molar-refractivity contribution in [2.75, 3.05) is 83.0 Å². The Kier molecular flexibility index (Phi) is 11.8. The number of nitrogens with zero attached hydrogens (tertiary/aromatic N) is 8. The van der Waals surface area contributed by atoms with E-state index in [2.05, 4.69) is 15.4 Å². The maximum atomic E-state index is 14.6. The van der Waals surface area contributed by atoms with Crippen molar-refractivity contribution in [2.45, 2.75) is 12.6 Å². The van der Waals surface area contributed by atoms with Gasteiger partial charge in [0.2, 0.25) is 0 Å². The molecule has 0 unspecified atom stereocenters. The Labute approximate surface area is 328 Å². The van der Waals surface area contributed by atoms with E-state index in [1.807, 2.05) is 0 Å². The number of benzene rings is 2. The number of hydrogen-bond donors (Lipinski definition) is 4. The Morgan fingerprint density at radius 3 is 2.26 bits per heavy atom. The highest BCUT2D eigenvalue weighted by atomic mass is 35.5. The van der Waals surface area contributed by atoms with Crippen molar-refractivity contribution in [1.82, 2.24) is 34.0 Å². The van der Waals surface area contributed by atoms with Crippen LogP contribution in [0.4, 0.5) is 33.7 Å². The molecule has 304 valence electrons. The van der Waals surface area contributed by atoms with Crippen LogP contribution in [0, 0.1) is 5.82 Å². The van der Waals surface area contributed by atoms with Gasteiger partial charge >= 0.3 is 18.2 Å². The molecule has 57 heavy (non-hydrogen) atoms. The first-order valence-corrected chi connectivity index (χ1v) is 18.3. The van der Waals surface area contributed by atoms with Crippen LogP contribution in [0.5, 0.6) is 0 Å². The number of hydrogen-bond acceptors (Lipinski definition) is 8. The predicted octanol–water partition coefficient (Wildman–Crippen LogP) is 3.36. The molecule has 2 aromatic heterocycles. The molecule has 0 saturated carbocycles. The summed E-state index contributed by atoms with van der Waals surface area (Å²) in [5, 5.41) is 15.6. The molecule has 6 rings (SSSR count). The summed E-state index contributed by atoms with van der Waals surface area (Å²) >= 11 is 6.50. The zero-order chi connectivity index (χ0) is 41.2. The number of carboxylic acid groups (broad SMARTS) is 1. The number of alkyl halides is 3. The first-order valence-electron chi connectivity index (χ1n) is 18.0. The number of amides is 4. The van der Waals surface area contributed by atoms with Crippen molar-refractivity contribution in [3.8, 4) is 16.9 Å². The molecule has 2 aliphatic heterocycles.